The van der Waals surface area contributed by atoms with Gasteiger partial charge in [0.2, 0.25) is 0 Å². The number of nitrogens with one attached hydrogen (secondary N) is 1. The lowest BCUT2D eigenvalue weighted by Gasteiger charge is -2.37. The van der Waals surface area contributed by atoms with Crippen LogP contribution in [0.1, 0.15) is 27.0 Å². The number of carbonyl (C=O) groups excluding carboxylic acids is 1. The maximum absolute atomic E-state index is 12.9. The Morgan fingerprint density at radius 1 is 1.06 bits per heavy atom. The number of thiocarbonyl (C=S) groups is 1. The van der Waals surface area contributed by atoms with Crippen LogP contribution in [0.5, 0.6) is 0 Å². The fraction of sp³-hybridized carbons (Fsp3) is 0.333. The molecule has 1 aliphatic rings. The Bertz CT molecular complexity index is 1050. The van der Waals surface area contributed by atoms with Gasteiger partial charge in [-0.3, -0.25) is 20.2 Å². The highest BCUT2D eigenvalue weighted by Gasteiger charge is 2.34. The molecule has 7 nitrogen and oxygen atoms in total. The summed E-state index contributed by atoms with van der Waals surface area (Å²) >= 11 is 5.34. The van der Waals surface area contributed by atoms with Gasteiger partial charge < -0.3 is 9.80 Å². The summed E-state index contributed by atoms with van der Waals surface area (Å²) in [5, 5.41) is 14.3. The third kappa shape index (κ3) is 5.34. The Kier molecular flexibility index (Phi) is 6.68. The first-order chi connectivity index (χ1) is 15.0. The zero-order valence-corrected chi connectivity index (χ0v) is 18.2. The summed E-state index contributed by atoms with van der Waals surface area (Å²) in [5.41, 5.74) is 0.846. The molecule has 1 heterocycles. The highest BCUT2D eigenvalue weighted by atomic mass is 32.1. The summed E-state index contributed by atoms with van der Waals surface area (Å²) in [5.74, 6) is -0.331. The van der Waals surface area contributed by atoms with Crippen molar-refractivity contribution in [3.63, 3.8) is 0 Å². The minimum absolute atomic E-state index is 0.118. The van der Waals surface area contributed by atoms with Crippen molar-refractivity contribution >= 4 is 34.6 Å². The molecule has 0 bridgehead atoms. The molecule has 2 aromatic rings. The first-order valence-corrected chi connectivity index (χ1v) is 10.2. The minimum Gasteiger partial charge on any atom is -0.362 e. The minimum atomic E-state index is -4.66. The molecule has 1 aliphatic heterocycles. The van der Waals surface area contributed by atoms with Gasteiger partial charge in [-0.05, 0) is 50.3 Å². The second-order valence-electron chi connectivity index (χ2n) is 7.57. The number of benzene rings is 2. The summed E-state index contributed by atoms with van der Waals surface area (Å²) in [7, 11) is 0. The van der Waals surface area contributed by atoms with Crippen LogP contribution < -0.4 is 10.2 Å². The second-order valence-corrected chi connectivity index (χ2v) is 7.95. The normalized spacial score (nSPS) is 14.3. The van der Waals surface area contributed by atoms with E-state index in [0.29, 0.717) is 37.8 Å². The molecule has 0 aliphatic carbocycles. The SMILES string of the molecule is Cc1cc(C)cc(C(=O)NC(=S)N2CCN(c3ccc(C(F)(F)F)cc3[N+](=O)[O-])CC2)c1. The summed E-state index contributed by atoms with van der Waals surface area (Å²) < 4.78 is 38.8. The maximum Gasteiger partial charge on any atom is 0.416 e. The van der Waals surface area contributed by atoms with Crippen molar-refractivity contribution in [2.75, 3.05) is 31.1 Å². The molecule has 0 saturated carbocycles. The fourth-order valence-corrected chi connectivity index (χ4v) is 3.89. The van der Waals surface area contributed by atoms with E-state index in [1.807, 2.05) is 19.9 Å². The number of nitro benzene ring substituents is 1. The highest BCUT2D eigenvalue weighted by Crippen LogP contribution is 2.36. The lowest BCUT2D eigenvalue weighted by Crippen LogP contribution is -2.52. The van der Waals surface area contributed by atoms with E-state index in [0.717, 1.165) is 23.3 Å². The third-order valence-electron chi connectivity index (χ3n) is 5.11. The Morgan fingerprint density at radius 3 is 2.19 bits per heavy atom. The number of aryl methyl sites for hydroxylation is 2. The molecule has 1 N–H and O–H groups in total. The Labute approximate surface area is 188 Å². The number of hydrogen-bond acceptors (Lipinski definition) is 5. The largest absolute Gasteiger partial charge is 0.416 e. The molecule has 0 aromatic heterocycles. The molecule has 1 fully saturated rings. The van der Waals surface area contributed by atoms with Gasteiger partial charge in [0.1, 0.15) is 5.69 Å². The Morgan fingerprint density at radius 2 is 1.66 bits per heavy atom. The van der Waals surface area contributed by atoms with Crippen molar-refractivity contribution in [1.29, 1.82) is 0 Å². The molecule has 0 atom stereocenters. The lowest BCUT2D eigenvalue weighted by atomic mass is 10.1. The molecule has 32 heavy (non-hydrogen) atoms. The van der Waals surface area contributed by atoms with Gasteiger partial charge in [0.05, 0.1) is 10.5 Å². The van der Waals surface area contributed by atoms with E-state index in [1.165, 1.54) is 0 Å². The van der Waals surface area contributed by atoms with Crippen LogP contribution in [0.3, 0.4) is 0 Å². The number of carbonyl (C=O) groups is 1. The van der Waals surface area contributed by atoms with Gasteiger partial charge >= 0.3 is 6.18 Å². The van der Waals surface area contributed by atoms with E-state index < -0.39 is 22.4 Å². The zero-order chi connectivity index (χ0) is 23.6. The van der Waals surface area contributed by atoms with Crippen LogP contribution in [0.2, 0.25) is 0 Å². The third-order valence-corrected chi connectivity index (χ3v) is 5.47. The van der Waals surface area contributed by atoms with Gasteiger partial charge in [0, 0.05) is 37.8 Å². The van der Waals surface area contributed by atoms with Crippen molar-refractivity contribution in [3.05, 3.63) is 68.8 Å². The van der Waals surface area contributed by atoms with Gasteiger partial charge in [-0.25, -0.2) is 0 Å². The van der Waals surface area contributed by atoms with Gasteiger partial charge in [-0.2, -0.15) is 13.2 Å². The predicted molar refractivity (Wildman–Crippen MR) is 118 cm³/mol. The van der Waals surface area contributed by atoms with Crippen LogP contribution in [-0.2, 0) is 6.18 Å². The van der Waals surface area contributed by atoms with Crippen molar-refractivity contribution in [2.24, 2.45) is 0 Å². The summed E-state index contributed by atoms with van der Waals surface area (Å²) in [6, 6.07) is 7.98. The number of hydrogen-bond donors (Lipinski definition) is 1. The molecule has 3 rings (SSSR count). The van der Waals surface area contributed by atoms with E-state index in [9.17, 15) is 28.1 Å². The van der Waals surface area contributed by atoms with E-state index in [1.54, 1.807) is 21.9 Å². The average Bonchev–Trinajstić information content (AvgIpc) is 2.72. The molecule has 0 radical (unpaired) electrons. The van der Waals surface area contributed by atoms with Crippen LogP contribution in [0.4, 0.5) is 24.5 Å². The molecule has 11 heteroatoms. The molecule has 170 valence electrons. The first-order valence-electron chi connectivity index (χ1n) is 9.75. The molecular formula is C21H21F3N4O3S. The fourth-order valence-electron chi connectivity index (χ4n) is 3.62. The monoisotopic (exact) mass is 466 g/mol. The molecule has 1 amide bonds. The summed E-state index contributed by atoms with van der Waals surface area (Å²) in [4.78, 5) is 26.5. The van der Waals surface area contributed by atoms with E-state index >= 15 is 0 Å². The van der Waals surface area contributed by atoms with Crippen molar-refractivity contribution in [3.8, 4) is 0 Å². The number of nitro groups is 1. The second kappa shape index (κ2) is 9.11. The molecular weight excluding hydrogens is 445 g/mol. The van der Waals surface area contributed by atoms with E-state index in [2.05, 4.69) is 5.32 Å². The van der Waals surface area contributed by atoms with Crippen molar-refractivity contribution in [2.45, 2.75) is 20.0 Å². The summed E-state index contributed by atoms with van der Waals surface area (Å²) in [6.45, 7) is 5.08. The number of halogens is 3. The highest BCUT2D eigenvalue weighted by molar-refractivity contribution is 7.80. The van der Waals surface area contributed by atoms with Gasteiger partial charge in [-0.1, -0.05) is 17.2 Å². The topological polar surface area (TPSA) is 78.7 Å². The zero-order valence-electron chi connectivity index (χ0n) is 17.4. The van der Waals surface area contributed by atoms with E-state index in [-0.39, 0.29) is 16.7 Å². The van der Waals surface area contributed by atoms with Gasteiger partial charge in [0.15, 0.2) is 5.11 Å². The van der Waals surface area contributed by atoms with E-state index in [4.69, 9.17) is 12.2 Å². The standard InChI is InChI=1S/C21H21F3N4O3S/c1-13-9-14(2)11-15(10-13)19(29)25-20(32)27-7-5-26(6-8-27)17-4-3-16(21(22,23)24)12-18(17)28(30)31/h3-4,9-12H,5-8H2,1-2H3,(H,25,29,32). The number of nitrogens with zero attached hydrogens (tertiary/aromatic N) is 3. The predicted octanol–water partition coefficient (Wildman–Crippen LogP) is 4.07. The Balaban J connectivity index is 1.66. The molecule has 2 aromatic carbocycles. The molecule has 1 saturated heterocycles. The van der Waals surface area contributed by atoms with Crippen molar-refractivity contribution < 1.29 is 22.9 Å². The maximum atomic E-state index is 12.9. The molecule has 0 unspecified atom stereocenters. The first kappa shape index (κ1) is 23.5. The lowest BCUT2D eigenvalue weighted by molar-refractivity contribution is -0.384. The van der Waals surface area contributed by atoms with Crippen LogP contribution >= 0.6 is 12.2 Å². The van der Waals surface area contributed by atoms with Gasteiger partial charge in [0.25, 0.3) is 11.6 Å². The average molecular weight is 466 g/mol. The van der Waals surface area contributed by atoms with Crippen LogP contribution in [0, 0.1) is 24.0 Å². The van der Waals surface area contributed by atoms with Gasteiger partial charge in [-0.15, -0.1) is 0 Å². The molecule has 0 spiro atoms. The number of amides is 1. The van der Waals surface area contributed by atoms with Crippen LogP contribution in [0.15, 0.2) is 36.4 Å². The van der Waals surface area contributed by atoms with Crippen LogP contribution in [0.25, 0.3) is 0 Å². The number of anilines is 1. The number of piperazine rings is 1. The van der Waals surface area contributed by atoms with Crippen LogP contribution in [-0.4, -0.2) is 47.0 Å². The quantitative estimate of drug-likeness (QED) is 0.418. The number of alkyl halides is 3. The van der Waals surface area contributed by atoms with Crippen molar-refractivity contribution in [1.82, 2.24) is 10.2 Å². The smallest absolute Gasteiger partial charge is 0.362 e. The summed E-state index contributed by atoms with van der Waals surface area (Å²) in [6.07, 6.45) is -4.66. The Hall–Kier alpha value is -3.21. The number of rotatable bonds is 3.